The highest BCUT2D eigenvalue weighted by Crippen LogP contribution is 2.29. The number of aromatic nitrogens is 3. The van der Waals surface area contributed by atoms with Crippen LogP contribution in [0.25, 0.3) is 11.0 Å². The summed E-state index contributed by atoms with van der Waals surface area (Å²) in [5.74, 6) is 1.13. The Hall–Kier alpha value is -3.34. The van der Waals surface area contributed by atoms with E-state index in [0.29, 0.717) is 49.1 Å². The number of rotatable bonds is 8. The predicted molar refractivity (Wildman–Crippen MR) is 133 cm³/mol. The summed E-state index contributed by atoms with van der Waals surface area (Å²) < 4.78 is 48.8. The van der Waals surface area contributed by atoms with Gasteiger partial charge in [-0.05, 0) is 75.8 Å². The van der Waals surface area contributed by atoms with Crippen molar-refractivity contribution in [3.8, 4) is 5.75 Å². The van der Waals surface area contributed by atoms with Crippen LogP contribution in [0.1, 0.15) is 53.6 Å². The third-order valence-corrected chi connectivity index (χ3v) is 6.91. The number of likely N-dealkylation sites (tertiary alicyclic amines) is 1. The molecule has 1 amide bonds. The fraction of sp³-hybridized carbons (Fsp3) is 0.500. The van der Waals surface area contributed by atoms with Crippen LogP contribution < -0.4 is 10.5 Å². The fourth-order valence-electron chi connectivity index (χ4n) is 4.81. The number of amides is 1. The van der Waals surface area contributed by atoms with Gasteiger partial charge in [0.15, 0.2) is 5.82 Å². The molecule has 2 aromatic heterocycles. The van der Waals surface area contributed by atoms with Crippen LogP contribution in [0.5, 0.6) is 5.75 Å². The normalized spacial score (nSPS) is 14.9. The maximum absolute atomic E-state index is 12.9. The Kier molecular flexibility index (Phi) is 7.91. The molecule has 0 atom stereocenters. The van der Waals surface area contributed by atoms with Crippen molar-refractivity contribution < 1.29 is 27.4 Å². The van der Waals surface area contributed by atoms with Gasteiger partial charge in [-0.25, -0.2) is 9.97 Å². The van der Waals surface area contributed by atoms with Gasteiger partial charge in [-0.3, -0.25) is 4.79 Å². The number of anilines is 1. The van der Waals surface area contributed by atoms with Crippen LogP contribution in [0.2, 0.25) is 0 Å². The summed E-state index contributed by atoms with van der Waals surface area (Å²) in [4.78, 5) is 23.8. The van der Waals surface area contributed by atoms with Crippen molar-refractivity contribution in [1.29, 1.82) is 0 Å². The maximum Gasteiger partial charge on any atom is 0.573 e. The van der Waals surface area contributed by atoms with Crippen molar-refractivity contribution in [2.24, 2.45) is 5.92 Å². The molecule has 2 N–H and O–H groups in total. The number of carbonyl (C=O) groups is 1. The number of carbonyl (C=O) groups excluding carboxylic acids is 1. The van der Waals surface area contributed by atoms with Crippen LogP contribution in [0.3, 0.4) is 0 Å². The minimum atomic E-state index is -4.76. The first-order chi connectivity index (χ1) is 17.6. The Morgan fingerprint density at radius 2 is 1.81 bits per heavy atom. The Morgan fingerprint density at radius 1 is 1.14 bits per heavy atom. The number of nitrogens with two attached hydrogens (primary N) is 1. The highest BCUT2D eigenvalue weighted by Gasteiger charge is 2.31. The van der Waals surface area contributed by atoms with Crippen LogP contribution in [0, 0.1) is 19.8 Å². The average Bonchev–Trinajstić information content (AvgIpc) is 3.23. The number of nitrogens with zero attached hydrogens (tertiary/aromatic N) is 4. The van der Waals surface area contributed by atoms with Crippen molar-refractivity contribution in [3.05, 3.63) is 46.9 Å². The molecule has 1 aliphatic rings. The van der Waals surface area contributed by atoms with Gasteiger partial charge >= 0.3 is 6.36 Å². The molecule has 8 nitrogen and oxygen atoms in total. The number of imidazole rings is 1. The quantitative estimate of drug-likeness (QED) is 0.450. The topological polar surface area (TPSA) is 95.5 Å². The summed E-state index contributed by atoms with van der Waals surface area (Å²) in [6, 6.07) is 5.05. The van der Waals surface area contributed by atoms with Crippen molar-refractivity contribution in [1.82, 2.24) is 19.4 Å². The van der Waals surface area contributed by atoms with E-state index in [1.54, 1.807) is 4.90 Å². The van der Waals surface area contributed by atoms with E-state index in [0.717, 1.165) is 60.5 Å². The van der Waals surface area contributed by atoms with E-state index < -0.39 is 6.36 Å². The smallest absolute Gasteiger partial charge is 0.406 e. The lowest BCUT2D eigenvalue weighted by Crippen LogP contribution is -2.38. The van der Waals surface area contributed by atoms with Gasteiger partial charge in [0.25, 0.3) is 5.91 Å². The average molecular weight is 520 g/mol. The highest BCUT2D eigenvalue weighted by molar-refractivity contribution is 5.94. The van der Waals surface area contributed by atoms with Crippen LogP contribution in [-0.4, -0.2) is 51.4 Å². The molecule has 1 aromatic carbocycles. The number of hydrogen-bond donors (Lipinski definition) is 1. The minimum Gasteiger partial charge on any atom is -0.406 e. The van der Waals surface area contributed by atoms with Gasteiger partial charge < -0.3 is 24.7 Å². The number of pyridine rings is 1. The number of benzene rings is 1. The molecule has 11 heteroatoms. The van der Waals surface area contributed by atoms with Crippen LogP contribution >= 0.6 is 0 Å². The molecule has 1 saturated heterocycles. The number of ether oxygens (including phenoxy) is 2. The van der Waals surface area contributed by atoms with Crippen molar-refractivity contribution in [2.75, 3.05) is 25.4 Å². The number of alkyl halides is 3. The minimum absolute atomic E-state index is 0.189. The lowest BCUT2D eigenvalue weighted by molar-refractivity contribution is -0.274. The molecule has 0 aliphatic carbocycles. The van der Waals surface area contributed by atoms with Gasteiger partial charge in [0.1, 0.15) is 23.7 Å². The zero-order valence-electron chi connectivity index (χ0n) is 21.3. The van der Waals surface area contributed by atoms with E-state index in [4.69, 9.17) is 15.5 Å². The largest absolute Gasteiger partial charge is 0.573 e. The number of nitrogen functional groups attached to an aromatic ring is 1. The fourth-order valence-corrected chi connectivity index (χ4v) is 4.81. The Labute approximate surface area is 213 Å². The molecule has 0 bridgehead atoms. The van der Waals surface area contributed by atoms with E-state index >= 15 is 0 Å². The SMILES string of the molecule is CCOCc1nc2c(N)nc(C)c(C)c2n1CCC1CCN(C(=O)c2ccc(OC(F)(F)F)cc2)CC1. The van der Waals surface area contributed by atoms with Crippen LogP contribution in [0.4, 0.5) is 19.0 Å². The second kappa shape index (κ2) is 11.0. The molecule has 1 aliphatic heterocycles. The van der Waals surface area contributed by atoms with E-state index in [1.807, 2.05) is 20.8 Å². The Bertz CT molecular complexity index is 1250. The third kappa shape index (κ3) is 6.15. The zero-order chi connectivity index (χ0) is 26.7. The lowest BCUT2D eigenvalue weighted by atomic mass is 9.93. The standard InChI is InChI=1S/C26H32F3N5O3/c1-4-36-15-21-32-22-23(16(2)17(3)31-24(22)30)34(21)14-11-18-9-12-33(13-10-18)25(35)19-5-7-20(8-6-19)37-26(27,28)29/h5-8,18H,4,9-15H2,1-3H3,(H2,30,31). The summed E-state index contributed by atoms with van der Waals surface area (Å²) in [5, 5.41) is 0. The first-order valence-corrected chi connectivity index (χ1v) is 12.4. The second-order valence-corrected chi connectivity index (χ2v) is 9.32. The monoisotopic (exact) mass is 519 g/mol. The van der Waals surface area contributed by atoms with Gasteiger partial charge in [-0.2, -0.15) is 0 Å². The molecule has 0 unspecified atom stereocenters. The summed E-state index contributed by atoms with van der Waals surface area (Å²) in [6.07, 6.45) is -2.16. The molecule has 0 spiro atoms. The molecule has 37 heavy (non-hydrogen) atoms. The molecule has 200 valence electrons. The molecule has 0 saturated carbocycles. The molecular formula is C26H32F3N5O3. The van der Waals surface area contributed by atoms with Gasteiger partial charge in [0.2, 0.25) is 0 Å². The summed E-state index contributed by atoms with van der Waals surface area (Å²) in [6.45, 7) is 8.82. The number of aryl methyl sites for hydroxylation is 3. The number of hydrogen-bond acceptors (Lipinski definition) is 6. The predicted octanol–water partition coefficient (Wildman–Crippen LogP) is 5.01. The van der Waals surface area contributed by atoms with Crippen LogP contribution in [0.15, 0.2) is 24.3 Å². The van der Waals surface area contributed by atoms with E-state index in [2.05, 4.69) is 14.3 Å². The van der Waals surface area contributed by atoms with Gasteiger partial charge in [0, 0.05) is 37.5 Å². The first kappa shape index (κ1) is 26.7. The van der Waals surface area contributed by atoms with E-state index in [-0.39, 0.29) is 11.7 Å². The molecule has 1 fully saturated rings. The van der Waals surface area contributed by atoms with Crippen molar-refractivity contribution in [2.45, 2.75) is 59.5 Å². The summed E-state index contributed by atoms with van der Waals surface area (Å²) in [7, 11) is 0. The van der Waals surface area contributed by atoms with Gasteiger partial charge in [0.05, 0.1) is 5.52 Å². The number of fused-ring (bicyclic) bond motifs is 1. The number of halogens is 3. The second-order valence-electron chi connectivity index (χ2n) is 9.32. The Balaban J connectivity index is 1.39. The lowest BCUT2D eigenvalue weighted by Gasteiger charge is -2.32. The van der Waals surface area contributed by atoms with Crippen LogP contribution in [-0.2, 0) is 17.9 Å². The zero-order valence-corrected chi connectivity index (χ0v) is 21.3. The molecule has 3 aromatic rings. The van der Waals surface area contributed by atoms with Gasteiger partial charge in [-0.15, -0.1) is 13.2 Å². The maximum atomic E-state index is 12.9. The summed E-state index contributed by atoms with van der Waals surface area (Å²) in [5.41, 5.74) is 10.1. The van der Waals surface area contributed by atoms with E-state index in [1.165, 1.54) is 12.1 Å². The molecule has 0 radical (unpaired) electrons. The molecule has 4 rings (SSSR count). The van der Waals surface area contributed by atoms with Crippen molar-refractivity contribution >= 4 is 22.8 Å². The molecule has 3 heterocycles. The first-order valence-electron chi connectivity index (χ1n) is 12.4. The van der Waals surface area contributed by atoms with Gasteiger partial charge in [-0.1, -0.05) is 0 Å². The molecular weight excluding hydrogens is 487 g/mol. The van der Waals surface area contributed by atoms with Crippen molar-refractivity contribution in [3.63, 3.8) is 0 Å². The third-order valence-electron chi connectivity index (χ3n) is 6.91. The summed E-state index contributed by atoms with van der Waals surface area (Å²) >= 11 is 0. The Morgan fingerprint density at radius 3 is 2.43 bits per heavy atom. The van der Waals surface area contributed by atoms with E-state index in [9.17, 15) is 18.0 Å². The number of piperidine rings is 1. The highest BCUT2D eigenvalue weighted by atomic mass is 19.4.